The molecule has 1 aliphatic heterocycles. The van der Waals surface area contributed by atoms with Gasteiger partial charge in [-0.2, -0.15) is 9.78 Å². The Bertz CT molecular complexity index is 1200. The van der Waals surface area contributed by atoms with E-state index in [9.17, 15) is 4.79 Å². The third-order valence-electron chi connectivity index (χ3n) is 4.52. The van der Waals surface area contributed by atoms with Crippen LogP contribution in [-0.4, -0.2) is 30.4 Å². The van der Waals surface area contributed by atoms with Crippen LogP contribution >= 0.6 is 11.6 Å². The van der Waals surface area contributed by atoms with Crippen molar-refractivity contribution >= 4 is 23.2 Å². The van der Waals surface area contributed by atoms with Crippen molar-refractivity contribution in [2.45, 2.75) is 6.04 Å². The number of tetrazole rings is 1. The molecule has 2 aromatic heterocycles. The average molecular weight is 378 g/mol. The highest BCUT2D eigenvalue weighted by Crippen LogP contribution is 2.42. The molecule has 0 fully saturated rings. The first-order valence-corrected chi connectivity index (χ1v) is 8.59. The lowest BCUT2D eigenvalue weighted by molar-refractivity contribution is 0.567. The van der Waals surface area contributed by atoms with Crippen molar-refractivity contribution in [1.29, 1.82) is 0 Å². The highest BCUT2D eigenvalue weighted by molar-refractivity contribution is 6.31. The summed E-state index contributed by atoms with van der Waals surface area (Å²) in [6, 6.07) is 16.5. The zero-order valence-corrected chi connectivity index (χ0v) is 14.6. The predicted molar refractivity (Wildman–Crippen MR) is 100 cm³/mol. The van der Waals surface area contributed by atoms with Crippen molar-refractivity contribution in [3.63, 3.8) is 0 Å². The van der Waals surface area contributed by atoms with Crippen LogP contribution in [0.1, 0.15) is 17.2 Å². The van der Waals surface area contributed by atoms with Gasteiger partial charge in [-0.15, -0.1) is 0 Å². The summed E-state index contributed by atoms with van der Waals surface area (Å²) in [7, 11) is 0. The van der Waals surface area contributed by atoms with E-state index in [2.05, 4.69) is 31.0 Å². The first-order chi connectivity index (χ1) is 13.2. The highest BCUT2D eigenvalue weighted by Gasteiger charge is 2.35. The number of H-pyrrole nitrogens is 1. The number of hydrogen-bond donors (Lipinski definition) is 2. The van der Waals surface area contributed by atoms with Gasteiger partial charge >= 0.3 is 0 Å². The van der Waals surface area contributed by atoms with Crippen LogP contribution in [0.3, 0.4) is 0 Å². The second-order valence-corrected chi connectivity index (χ2v) is 6.46. The summed E-state index contributed by atoms with van der Waals surface area (Å²) in [5.74, 6) is 0.364. The van der Waals surface area contributed by atoms with Crippen molar-refractivity contribution in [2.24, 2.45) is 0 Å². The van der Waals surface area contributed by atoms with Gasteiger partial charge in [-0.25, -0.2) is 5.10 Å². The normalized spacial score (nSPS) is 14.9. The number of aromatic nitrogens is 6. The van der Waals surface area contributed by atoms with E-state index < -0.39 is 6.04 Å². The second-order valence-electron chi connectivity index (χ2n) is 6.05. The standard InChI is InChI=1S/C18H12ClN7O/c19-12-9-5-4-8-11(12)16-13-14(10-6-2-1-3-7-10)21-22-17(27)15(13)20-18-23-24-25-26(16)18/h1-9,16H,(H,22,27)(H,20,23,25)/t16-/m0/s1. The lowest BCUT2D eigenvalue weighted by atomic mass is 9.92. The van der Waals surface area contributed by atoms with Crippen LogP contribution in [0.5, 0.6) is 0 Å². The maximum absolute atomic E-state index is 12.5. The van der Waals surface area contributed by atoms with Gasteiger partial charge in [0, 0.05) is 21.7 Å². The third kappa shape index (κ3) is 2.42. The molecule has 5 rings (SSSR count). The highest BCUT2D eigenvalue weighted by atomic mass is 35.5. The summed E-state index contributed by atoms with van der Waals surface area (Å²) >= 11 is 6.49. The molecule has 1 aliphatic rings. The minimum atomic E-state index is -0.495. The summed E-state index contributed by atoms with van der Waals surface area (Å²) in [4.78, 5) is 12.5. The van der Waals surface area contributed by atoms with E-state index in [1.807, 2.05) is 48.5 Å². The lowest BCUT2D eigenvalue weighted by Gasteiger charge is -2.28. The average Bonchev–Trinajstić information content (AvgIpc) is 3.17. The molecule has 0 unspecified atom stereocenters. The van der Waals surface area contributed by atoms with Crippen LogP contribution in [0.15, 0.2) is 59.4 Å². The Morgan fingerprint density at radius 1 is 1.04 bits per heavy atom. The van der Waals surface area contributed by atoms with Crippen molar-refractivity contribution in [2.75, 3.05) is 5.32 Å². The smallest absolute Gasteiger partial charge is 0.288 e. The van der Waals surface area contributed by atoms with Crippen LogP contribution in [0.2, 0.25) is 5.02 Å². The van der Waals surface area contributed by atoms with Gasteiger partial charge in [0.1, 0.15) is 11.7 Å². The van der Waals surface area contributed by atoms with E-state index >= 15 is 0 Å². The maximum atomic E-state index is 12.5. The number of halogens is 1. The summed E-state index contributed by atoms with van der Waals surface area (Å²) in [6.45, 7) is 0. The summed E-state index contributed by atoms with van der Waals surface area (Å²) in [5, 5.41) is 22.3. The first kappa shape index (κ1) is 15.7. The minimum Gasteiger partial charge on any atom is -0.318 e. The first-order valence-electron chi connectivity index (χ1n) is 8.21. The van der Waals surface area contributed by atoms with Gasteiger partial charge < -0.3 is 5.32 Å². The second kappa shape index (κ2) is 6.03. The Kier molecular flexibility index (Phi) is 3.51. The number of benzene rings is 2. The monoisotopic (exact) mass is 377 g/mol. The molecule has 9 heteroatoms. The van der Waals surface area contributed by atoms with Crippen molar-refractivity contribution < 1.29 is 0 Å². The molecule has 0 aliphatic carbocycles. The molecule has 4 aromatic rings. The number of nitrogens with one attached hydrogen (secondary N) is 2. The van der Waals surface area contributed by atoms with Crippen LogP contribution in [0.4, 0.5) is 11.6 Å². The molecule has 3 heterocycles. The van der Waals surface area contributed by atoms with Gasteiger partial charge in [0.05, 0.1) is 5.69 Å². The van der Waals surface area contributed by atoms with Crippen LogP contribution in [0.25, 0.3) is 11.3 Å². The topological polar surface area (TPSA) is 101 Å². The molecule has 2 N–H and O–H groups in total. The zero-order chi connectivity index (χ0) is 18.4. The van der Waals surface area contributed by atoms with Crippen molar-refractivity contribution in [3.05, 3.63) is 81.1 Å². The molecule has 0 amide bonds. The van der Waals surface area contributed by atoms with E-state index in [-0.39, 0.29) is 5.56 Å². The number of anilines is 2. The largest absolute Gasteiger partial charge is 0.318 e. The molecule has 0 saturated heterocycles. The molecule has 0 spiro atoms. The summed E-state index contributed by atoms with van der Waals surface area (Å²) in [5.41, 5.74) is 2.94. The zero-order valence-electron chi connectivity index (χ0n) is 13.8. The van der Waals surface area contributed by atoms with E-state index in [1.54, 1.807) is 10.7 Å². The fraction of sp³-hybridized carbons (Fsp3) is 0.0556. The van der Waals surface area contributed by atoms with Crippen molar-refractivity contribution in [3.8, 4) is 11.3 Å². The van der Waals surface area contributed by atoms with Gasteiger partial charge in [0.15, 0.2) is 0 Å². The molecule has 0 bridgehead atoms. The van der Waals surface area contributed by atoms with Gasteiger partial charge in [-0.3, -0.25) is 4.79 Å². The molecule has 1 atom stereocenters. The molecular formula is C18H12ClN7O. The fourth-order valence-electron chi connectivity index (χ4n) is 3.34. The molecular weight excluding hydrogens is 366 g/mol. The van der Waals surface area contributed by atoms with Gasteiger partial charge in [-0.05, 0) is 16.5 Å². The van der Waals surface area contributed by atoms with E-state index in [0.29, 0.717) is 27.9 Å². The number of fused-ring (bicyclic) bond motifs is 2. The summed E-state index contributed by atoms with van der Waals surface area (Å²) < 4.78 is 1.61. The number of aromatic amines is 1. The lowest BCUT2D eigenvalue weighted by Crippen LogP contribution is -2.29. The van der Waals surface area contributed by atoms with Crippen LogP contribution in [-0.2, 0) is 0 Å². The minimum absolute atomic E-state index is 0.351. The predicted octanol–water partition coefficient (Wildman–Crippen LogP) is 2.77. The molecule has 0 saturated carbocycles. The van der Waals surface area contributed by atoms with E-state index in [0.717, 1.165) is 11.1 Å². The van der Waals surface area contributed by atoms with E-state index in [1.165, 1.54) is 0 Å². The van der Waals surface area contributed by atoms with Crippen LogP contribution < -0.4 is 10.9 Å². The Balaban J connectivity index is 1.86. The number of rotatable bonds is 2. The number of hydrogen-bond acceptors (Lipinski definition) is 6. The maximum Gasteiger partial charge on any atom is 0.288 e. The number of nitrogens with zero attached hydrogens (tertiary/aromatic N) is 5. The van der Waals surface area contributed by atoms with Gasteiger partial charge in [-0.1, -0.05) is 65.2 Å². The third-order valence-corrected chi connectivity index (χ3v) is 4.86. The van der Waals surface area contributed by atoms with Gasteiger partial charge in [0.25, 0.3) is 5.56 Å². The molecule has 0 radical (unpaired) electrons. The molecule has 27 heavy (non-hydrogen) atoms. The molecule has 2 aromatic carbocycles. The summed E-state index contributed by atoms with van der Waals surface area (Å²) in [6.07, 6.45) is 0. The van der Waals surface area contributed by atoms with E-state index in [4.69, 9.17) is 11.6 Å². The molecule has 8 nitrogen and oxygen atoms in total. The Labute approximate surface area is 157 Å². The SMILES string of the molecule is O=c1[nH]nc(-c2ccccc2)c2c1Nc1nnnn1[C@H]2c1ccccc1Cl. The quantitative estimate of drug-likeness (QED) is 0.490. The Morgan fingerprint density at radius 3 is 2.63 bits per heavy atom. The Morgan fingerprint density at radius 2 is 1.81 bits per heavy atom. The Hall–Kier alpha value is -3.52. The van der Waals surface area contributed by atoms with Crippen molar-refractivity contribution in [1.82, 2.24) is 30.4 Å². The van der Waals surface area contributed by atoms with Crippen LogP contribution in [0, 0.1) is 0 Å². The molecule has 132 valence electrons. The van der Waals surface area contributed by atoms with Gasteiger partial charge in [0.2, 0.25) is 5.95 Å². The fourth-order valence-corrected chi connectivity index (χ4v) is 3.58.